The molecule has 2 rings (SSSR count). The maximum absolute atomic E-state index is 12.2. The first-order valence-corrected chi connectivity index (χ1v) is 8.35. The minimum Gasteiger partial charge on any atom is -0.483 e. The molecule has 3 heteroatoms. The standard InChI is InChI=1S/C21H27NO2/c1-13-9-16(4)17(5)20(10-13)24-12-21(23)22-18(6)19-8-7-14(2)15(3)11-19/h7-11,18H,12H2,1-6H3,(H,22,23). The summed E-state index contributed by atoms with van der Waals surface area (Å²) in [6, 6.07) is 10.3. The van der Waals surface area contributed by atoms with Gasteiger partial charge in [-0.2, -0.15) is 0 Å². The number of carbonyl (C=O) groups excluding carboxylic acids is 1. The van der Waals surface area contributed by atoms with E-state index in [0.717, 1.165) is 22.4 Å². The quantitative estimate of drug-likeness (QED) is 0.880. The van der Waals surface area contributed by atoms with Crippen LogP contribution in [-0.2, 0) is 4.79 Å². The van der Waals surface area contributed by atoms with Crippen LogP contribution in [-0.4, -0.2) is 12.5 Å². The predicted octanol–water partition coefficient (Wildman–Crippen LogP) is 4.48. The normalized spacial score (nSPS) is 11.9. The van der Waals surface area contributed by atoms with Gasteiger partial charge in [-0.15, -0.1) is 0 Å². The molecule has 0 bridgehead atoms. The molecule has 24 heavy (non-hydrogen) atoms. The Morgan fingerprint density at radius 3 is 2.38 bits per heavy atom. The summed E-state index contributed by atoms with van der Waals surface area (Å²) >= 11 is 0. The van der Waals surface area contributed by atoms with Gasteiger partial charge in [0.15, 0.2) is 6.61 Å². The van der Waals surface area contributed by atoms with Crippen LogP contribution in [0.4, 0.5) is 0 Å². The topological polar surface area (TPSA) is 38.3 Å². The minimum absolute atomic E-state index is 0.0267. The zero-order valence-corrected chi connectivity index (χ0v) is 15.5. The summed E-state index contributed by atoms with van der Waals surface area (Å²) in [7, 11) is 0. The van der Waals surface area contributed by atoms with Gasteiger partial charge in [-0.3, -0.25) is 4.79 Å². The SMILES string of the molecule is Cc1cc(C)c(C)c(OCC(=O)NC(C)c2ccc(C)c(C)c2)c1. The van der Waals surface area contributed by atoms with Crippen LogP contribution in [0.15, 0.2) is 30.3 Å². The smallest absolute Gasteiger partial charge is 0.258 e. The van der Waals surface area contributed by atoms with Gasteiger partial charge in [0.05, 0.1) is 6.04 Å². The summed E-state index contributed by atoms with van der Waals surface area (Å²) in [6.07, 6.45) is 0. The van der Waals surface area contributed by atoms with E-state index >= 15 is 0 Å². The average Bonchev–Trinajstić information content (AvgIpc) is 2.52. The highest BCUT2D eigenvalue weighted by molar-refractivity contribution is 5.78. The Morgan fingerprint density at radius 1 is 1.00 bits per heavy atom. The van der Waals surface area contributed by atoms with E-state index in [4.69, 9.17) is 4.74 Å². The number of ether oxygens (including phenoxy) is 1. The first-order valence-electron chi connectivity index (χ1n) is 8.35. The third kappa shape index (κ3) is 4.38. The fourth-order valence-electron chi connectivity index (χ4n) is 2.69. The molecule has 3 nitrogen and oxygen atoms in total. The number of rotatable bonds is 5. The van der Waals surface area contributed by atoms with E-state index in [1.54, 1.807) is 0 Å². The molecular weight excluding hydrogens is 298 g/mol. The monoisotopic (exact) mass is 325 g/mol. The summed E-state index contributed by atoms with van der Waals surface area (Å²) in [6.45, 7) is 12.3. The molecule has 1 unspecified atom stereocenters. The first kappa shape index (κ1) is 18.1. The van der Waals surface area contributed by atoms with Crippen LogP contribution in [0.25, 0.3) is 0 Å². The van der Waals surface area contributed by atoms with Crippen molar-refractivity contribution in [1.29, 1.82) is 0 Å². The maximum Gasteiger partial charge on any atom is 0.258 e. The number of aryl methyl sites for hydroxylation is 4. The Kier molecular flexibility index (Phi) is 5.66. The Hall–Kier alpha value is -2.29. The molecule has 0 saturated heterocycles. The zero-order chi connectivity index (χ0) is 17.9. The van der Waals surface area contributed by atoms with Crippen molar-refractivity contribution in [1.82, 2.24) is 5.32 Å². The largest absolute Gasteiger partial charge is 0.483 e. The molecule has 0 radical (unpaired) electrons. The molecular formula is C21H27NO2. The molecule has 0 aliphatic carbocycles. The maximum atomic E-state index is 12.2. The molecule has 0 heterocycles. The molecule has 1 amide bonds. The lowest BCUT2D eigenvalue weighted by molar-refractivity contribution is -0.123. The summed E-state index contributed by atoms with van der Waals surface area (Å²) in [5, 5.41) is 3.00. The highest BCUT2D eigenvalue weighted by Gasteiger charge is 2.12. The molecule has 1 N–H and O–H groups in total. The fourth-order valence-corrected chi connectivity index (χ4v) is 2.69. The number of nitrogens with one attached hydrogen (secondary N) is 1. The van der Waals surface area contributed by atoms with Crippen molar-refractivity contribution in [2.24, 2.45) is 0 Å². The second kappa shape index (κ2) is 7.52. The first-order chi connectivity index (χ1) is 11.3. The molecule has 2 aromatic rings. The molecule has 0 aliphatic heterocycles. The van der Waals surface area contributed by atoms with Gasteiger partial charge in [0, 0.05) is 0 Å². The lowest BCUT2D eigenvalue weighted by Gasteiger charge is -2.17. The van der Waals surface area contributed by atoms with Crippen LogP contribution < -0.4 is 10.1 Å². The second-order valence-corrected chi connectivity index (χ2v) is 6.63. The van der Waals surface area contributed by atoms with Crippen molar-refractivity contribution in [2.45, 2.75) is 47.6 Å². The van der Waals surface area contributed by atoms with E-state index in [2.05, 4.69) is 50.4 Å². The lowest BCUT2D eigenvalue weighted by Crippen LogP contribution is -2.31. The third-order valence-electron chi connectivity index (χ3n) is 4.53. The van der Waals surface area contributed by atoms with E-state index in [-0.39, 0.29) is 18.6 Å². The lowest BCUT2D eigenvalue weighted by atomic mass is 10.0. The summed E-state index contributed by atoms with van der Waals surface area (Å²) < 4.78 is 5.73. The van der Waals surface area contributed by atoms with Crippen LogP contribution in [0.3, 0.4) is 0 Å². The van der Waals surface area contributed by atoms with Gasteiger partial charge < -0.3 is 10.1 Å². The van der Waals surface area contributed by atoms with Gasteiger partial charge in [-0.25, -0.2) is 0 Å². The number of amides is 1. The van der Waals surface area contributed by atoms with E-state index in [0.29, 0.717) is 0 Å². The Balaban J connectivity index is 1.97. The van der Waals surface area contributed by atoms with Crippen LogP contribution in [0.5, 0.6) is 5.75 Å². The van der Waals surface area contributed by atoms with Crippen molar-refractivity contribution >= 4 is 5.91 Å². The molecule has 0 spiro atoms. The van der Waals surface area contributed by atoms with Gasteiger partial charge in [0.1, 0.15) is 5.75 Å². The molecule has 0 fully saturated rings. The molecule has 0 aliphatic rings. The van der Waals surface area contributed by atoms with Gasteiger partial charge in [0.25, 0.3) is 5.91 Å². The molecule has 0 aromatic heterocycles. The van der Waals surface area contributed by atoms with Gasteiger partial charge in [-0.1, -0.05) is 24.3 Å². The van der Waals surface area contributed by atoms with Crippen molar-refractivity contribution in [3.05, 3.63) is 63.7 Å². The van der Waals surface area contributed by atoms with Crippen molar-refractivity contribution in [3.63, 3.8) is 0 Å². The van der Waals surface area contributed by atoms with Crippen LogP contribution in [0, 0.1) is 34.6 Å². The van der Waals surface area contributed by atoms with Crippen molar-refractivity contribution < 1.29 is 9.53 Å². The van der Waals surface area contributed by atoms with Crippen molar-refractivity contribution in [3.8, 4) is 5.75 Å². The molecule has 128 valence electrons. The zero-order valence-electron chi connectivity index (χ0n) is 15.5. The van der Waals surface area contributed by atoms with E-state index in [9.17, 15) is 4.79 Å². The summed E-state index contributed by atoms with van der Waals surface area (Å²) in [5.74, 6) is 0.667. The van der Waals surface area contributed by atoms with E-state index < -0.39 is 0 Å². The van der Waals surface area contributed by atoms with E-state index in [1.807, 2.05) is 26.8 Å². The highest BCUT2D eigenvalue weighted by Crippen LogP contribution is 2.23. The Bertz CT molecular complexity index is 750. The number of hydrogen-bond acceptors (Lipinski definition) is 2. The molecule has 0 saturated carbocycles. The number of benzene rings is 2. The van der Waals surface area contributed by atoms with Gasteiger partial charge >= 0.3 is 0 Å². The molecule has 1 atom stereocenters. The summed E-state index contributed by atoms with van der Waals surface area (Å²) in [5.41, 5.74) is 6.98. The van der Waals surface area contributed by atoms with Crippen LogP contribution >= 0.6 is 0 Å². The highest BCUT2D eigenvalue weighted by atomic mass is 16.5. The third-order valence-corrected chi connectivity index (χ3v) is 4.53. The van der Waals surface area contributed by atoms with Crippen LogP contribution in [0.1, 0.15) is 46.3 Å². The Morgan fingerprint density at radius 2 is 1.71 bits per heavy atom. The second-order valence-electron chi connectivity index (χ2n) is 6.63. The average molecular weight is 325 g/mol. The predicted molar refractivity (Wildman–Crippen MR) is 98.6 cm³/mol. The van der Waals surface area contributed by atoms with E-state index in [1.165, 1.54) is 16.7 Å². The number of hydrogen-bond donors (Lipinski definition) is 1. The van der Waals surface area contributed by atoms with Crippen LogP contribution in [0.2, 0.25) is 0 Å². The van der Waals surface area contributed by atoms with Gasteiger partial charge in [-0.05, 0) is 81.0 Å². The number of carbonyl (C=O) groups is 1. The van der Waals surface area contributed by atoms with Crippen molar-refractivity contribution in [2.75, 3.05) is 6.61 Å². The molecule has 2 aromatic carbocycles. The van der Waals surface area contributed by atoms with Gasteiger partial charge in [0.2, 0.25) is 0 Å². The fraction of sp³-hybridized carbons (Fsp3) is 0.381. The Labute approximate surface area is 145 Å². The minimum atomic E-state index is -0.112. The summed E-state index contributed by atoms with van der Waals surface area (Å²) in [4.78, 5) is 12.2.